The highest BCUT2D eigenvalue weighted by atomic mass is 35.5. The maximum Gasteiger partial charge on any atom is 0.220 e. The third kappa shape index (κ3) is 5.50. The highest BCUT2D eigenvalue weighted by Gasteiger charge is 2.08. The van der Waals surface area contributed by atoms with Crippen molar-refractivity contribution in [1.29, 1.82) is 0 Å². The molecule has 0 fully saturated rings. The number of carbonyl (C=O) groups excluding carboxylic acids is 1. The lowest BCUT2D eigenvalue weighted by Crippen LogP contribution is -2.26. The lowest BCUT2D eigenvalue weighted by Gasteiger charge is -2.11. The van der Waals surface area contributed by atoms with Gasteiger partial charge in [0, 0.05) is 23.9 Å². The molecule has 0 aliphatic rings. The summed E-state index contributed by atoms with van der Waals surface area (Å²) in [6.07, 6.45) is 1.91. The molecule has 0 saturated heterocycles. The van der Waals surface area contributed by atoms with Crippen molar-refractivity contribution in [3.63, 3.8) is 0 Å². The molecule has 21 heavy (non-hydrogen) atoms. The molecule has 1 heterocycles. The van der Waals surface area contributed by atoms with Crippen LogP contribution in [0.25, 0.3) is 0 Å². The lowest BCUT2D eigenvalue weighted by atomic mass is 10.0. The molecule has 0 saturated carbocycles. The molecule has 0 aliphatic heterocycles. The fourth-order valence-electron chi connectivity index (χ4n) is 2.05. The molecule has 0 bridgehead atoms. The summed E-state index contributed by atoms with van der Waals surface area (Å²) < 4.78 is 0.783. The molecule has 0 aliphatic carbocycles. The SMILES string of the molecule is NC(CCC(=O)NCCc1ccc(Cl)s1)c1ccccc1. The molecule has 0 radical (unpaired) electrons. The number of hydrogen-bond donors (Lipinski definition) is 2. The molecule has 1 atom stereocenters. The molecule has 1 unspecified atom stereocenters. The first-order valence-corrected chi connectivity index (χ1v) is 8.16. The van der Waals surface area contributed by atoms with Crippen molar-refractivity contribution in [1.82, 2.24) is 5.32 Å². The molecule has 2 aromatic rings. The minimum Gasteiger partial charge on any atom is -0.356 e. The van der Waals surface area contributed by atoms with Crippen molar-refractivity contribution >= 4 is 28.8 Å². The van der Waals surface area contributed by atoms with E-state index in [1.807, 2.05) is 42.5 Å². The quantitative estimate of drug-likeness (QED) is 0.819. The Bertz CT molecular complexity index is 571. The average molecular weight is 323 g/mol. The summed E-state index contributed by atoms with van der Waals surface area (Å²) in [4.78, 5) is 13.0. The fraction of sp³-hybridized carbons (Fsp3) is 0.312. The standard InChI is InChI=1S/C16H19ClN2OS/c17-15-8-6-13(21-15)10-11-19-16(20)9-7-14(18)12-4-2-1-3-5-12/h1-6,8,14H,7,9-11,18H2,(H,19,20). The fourth-order valence-corrected chi connectivity index (χ4v) is 3.14. The third-order valence-electron chi connectivity index (χ3n) is 3.23. The van der Waals surface area contributed by atoms with E-state index >= 15 is 0 Å². The second kappa shape index (κ2) is 8.17. The van der Waals surface area contributed by atoms with Crippen LogP contribution in [0.3, 0.4) is 0 Å². The van der Waals surface area contributed by atoms with Gasteiger partial charge in [-0.3, -0.25) is 4.79 Å². The molecule has 1 aromatic carbocycles. The van der Waals surface area contributed by atoms with E-state index in [-0.39, 0.29) is 11.9 Å². The predicted molar refractivity (Wildman–Crippen MR) is 88.6 cm³/mol. The van der Waals surface area contributed by atoms with Crippen LogP contribution in [-0.2, 0) is 11.2 Å². The van der Waals surface area contributed by atoms with E-state index in [4.69, 9.17) is 17.3 Å². The van der Waals surface area contributed by atoms with Crippen LogP contribution in [0.2, 0.25) is 4.34 Å². The Morgan fingerprint density at radius 3 is 2.67 bits per heavy atom. The Labute approximate surface area is 134 Å². The summed E-state index contributed by atoms with van der Waals surface area (Å²) in [5.41, 5.74) is 7.14. The van der Waals surface area contributed by atoms with Gasteiger partial charge >= 0.3 is 0 Å². The normalized spacial score (nSPS) is 12.1. The molecule has 0 spiro atoms. The molecule has 3 nitrogen and oxygen atoms in total. The van der Waals surface area contributed by atoms with Crippen LogP contribution in [0.5, 0.6) is 0 Å². The molecule has 2 rings (SSSR count). The lowest BCUT2D eigenvalue weighted by molar-refractivity contribution is -0.121. The topological polar surface area (TPSA) is 55.1 Å². The Morgan fingerprint density at radius 2 is 2.00 bits per heavy atom. The first-order valence-electron chi connectivity index (χ1n) is 6.96. The van der Waals surface area contributed by atoms with Crippen LogP contribution in [0.15, 0.2) is 42.5 Å². The molecule has 1 aromatic heterocycles. The monoisotopic (exact) mass is 322 g/mol. The molecular formula is C16H19ClN2OS. The second-order valence-corrected chi connectivity index (χ2v) is 6.66. The molecule has 5 heteroatoms. The Kier molecular flexibility index (Phi) is 6.23. The smallest absolute Gasteiger partial charge is 0.220 e. The number of nitrogens with two attached hydrogens (primary N) is 1. The highest BCUT2D eigenvalue weighted by Crippen LogP contribution is 2.21. The highest BCUT2D eigenvalue weighted by molar-refractivity contribution is 7.16. The third-order valence-corrected chi connectivity index (χ3v) is 4.52. The van der Waals surface area contributed by atoms with Crippen LogP contribution in [0.1, 0.15) is 29.3 Å². The minimum absolute atomic E-state index is 0.0454. The van der Waals surface area contributed by atoms with E-state index in [0.717, 1.165) is 16.3 Å². The van der Waals surface area contributed by atoms with Gasteiger partial charge in [-0.1, -0.05) is 41.9 Å². The van der Waals surface area contributed by atoms with Crippen molar-refractivity contribution < 1.29 is 4.79 Å². The first kappa shape index (κ1) is 16.0. The van der Waals surface area contributed by atoms with Gasteiger partial charge in [0.1, 0.15) is 0 Å². The number of rotatable bonds is 7. The van der Waals surface area contributed by atoms with E-state index in [1.165, 1.54) is 4.88 Å². The van der Waals surface area contributed by atoms with E-state index in [2.05, 4.69) is 5.32 Å². The van der Waals surface area contributed by atoms with Gasteiger partial charge in [0.05, 0.1) is 4.34 Å². The van der Waals surface area contributed by atoms with Crippen LogP contribution >= 0.6 is 22.9 Å². The summed E-state index contributed by atoms with van der Waals surface area (Å²) in [7, 11) is 0. The van der Waals surface area contributed by atoms with E-state index in [9.17, 15) is 4.79 Å². The summed E-state index contributed by atoms with van der Waals surface area (Å²) in [6, 6.07) is 13.6. The number of amides is 1. The average Bonchev–Trinajstić information content (AvgIpc) is 2.91. The van der Waals surface area contributed by atoms with E-state index in [1.54, 1.807) is 11.3 Å². The Morgan fingerprint density at radius 1 is 1.24 bits per heavy atom. The number of benzene rings is 1. The van der Waals surface area contributed by atoms with Gasteiger partial charge in [0.2, 0.25) is 5.91 Å². The van der Waals surface area contributed by atoms with E-state index in [0.29, 0.717) is 19.4 Å². The predicted octanol–water partition coefficient (Wildman–Crippen LogP) is 3.54. The van der Waals surface area contributed by atoms with Crippen LogP contribution < -0.4 is 11.1 Å². The molecule has 3 N–H and O–H groups in total. The number of nitrogens with one attached hydrogen (secondary N) is 1. The maximum absolute atomic E-state index is 11.8. The summed E-state index contributed by atoms with van der Waals surface area (Å²) in [5, 5.41) is 2.92. The van der Waals surface area contributed by atoms with Gasteiger partial charge in [0.25, 0.3) is 0 Å². The van der Waals surface area contributed by atoms with E-state index < -0.39 is 0 Å². The summed E-state index contributed by atoms with van der Waals surface area (Å²) in [5.74, 6) is 0.0454. The number of hydrogen-bond acceptors (Lipinski definition) is 3. The van der Waals surface area contributed by atoms with Crippen molar-refractivity contribution in [3.8, 4) is 0 Å². The van der Waals surface area contributed by atoms with Gasteiger partial charge in [0.15, 0.2) is 0 Å². The Balaban J connectivity index is 1.65. The number of thiophene rings is 1. The molecule has 1 amide bonds. The van der Waals surface area contributed by atoms with Crippen molar-refractivity contribution in [2.24, 2.45) is 5.73 Å². The van der Waals surface area contributed by atoms with Gasteiger partial charge in [-0.2, -0.15) is 0 Å². The van der Waals surface area contributed by atoms with Gasteiger partial charge in [-0.05, 0) is 30.5 Å². The number of carbonyl (C=O) groups is 1. The largest absolute Gasteiger partial charge is 0.356 e. The maximum atomic E-state index is 11.8. The summed E-state index contributed by atoms with van der Waals surface area (Å²) >= 11 is 7.41. The molecule has 112 valence electrons. The van der Waals surface area contributed by atoms with Crippen LogP contribution in [0.4, 0.5) is 0 Å². The van der Waals surface area contributed by atoms with Crippen molar-refractivity contribution in [2.45, 2.75) is 25.3 Å². The number of halogens is 1. The first-order chi connectivity index (χ1) is 10.1. The van der Waals surface area contributed by atoms with Crippen LogP contribution in [0, 0.1) is 0 Å². The van der Waals surface area contributed by atoms with Gasteiger partial charge in [-0.25, -0.2) is 0 Å². The zero-order valence-corrected chi connectivity index (χ0v) is 13.3. The minimum atomic E-state index is -0.0898. The van der Waals surface area contributed by atoms with Crippen LogP contribution in [-0.4, -0.2) is 12.5 Å². The zero-order valence-electron chi connectivity index (χ0n) is 11.7. The van der Waals surface area contributed by atoms with Gasteiger partial charge in [-0.15, -0.1) is 11.3 Å². The molecular weight excluding hydrogens is 304 g/mol. The zero-order chi connectivity index (χ0) is 15.1. The summed E-state index contributed by atoms with van der Waals surface area (Å²) in [6.45, 7) is 0.635. The van der Waals surface area contributed by atoms with Crippen molar-refractivity contribution in [3.05, 3.63) is 57.2 Å². The Hall–Kier alpha value is -1.36. The second-order valence-electron chi connectivity index (χ2n) is 4.86. The van der Waals surface area contributed by atoms with Crippen molar-refractivity contribution in [2.75, 3.05) is 6.54 Å². The van der Waals surface area contributed by atoms with Gasteiger partial charge < -0.3 is 11.1 Å².